The van der Waals surface area contributed by atoms with Gasteiger partial charge in [0.25, 0.3) is 0 Å². The molecule has 0 aromatic rings. The Kier molecular flexibility index (Phi) is 3.98. The summed E-state index contributed by atoms with van der Waals surface area (Å²) in [6.07, 6.45) is 0. The minimum Gasteiger partial charge on any atom is -0.0735 e. The molecule has 79 valence electrons. The molecular formula is C12H25B2. The molecule has 0 saturated heterocycles. The van der Waals surface area contributed by atoms with E-state index in [2.05, 4.69) is 62.7 Å². The van der Waals surface area contributed by atoms with Gasteiger partial charge in [-0.15, -0.1) is 0 Å². The van der Waals surface area contributed by atoms with Crippen molar-refractivity contribution in [3.05, 3.63) is 0 Å². The fourth-order valence-electron chi connectivity index (χ4n) is 1.28. The van der Waals surface area contributed by atoms with Gasteiger partial charge in [-0.3, -0.25) is 0 Å². The van der Waals surface area contributed by atoms with Crippen molar-refractivity contribution in [1.82, 2.24) is 0 Å². The van der Waals surface area contributed by atoms with E-state index in [0.717, 1.165) is 0 Å². The Balaban J connectivity index is 4.67. The first-order valence-electron chi connectivity index (χ1n) is 5.56. The van der Waals surface area contributed by atoms with Gasteiger partial charge in [0.15, 0.2) is 0 Å². The van der Waals surface area contributed by atoms with Gasteiger partial charge in [-0.1, -0.05) is 71.3 Å². The third kappa shape index (κ3) is 3.37. The molecule has 0 spiro atoms. The van der Waals surface area contributed by atoms with Crippen molar-refractivity contribution in [1.29, 1.82) is 0 Å². The van der Waals surface area contributed by atoms with Crippen molar-refractivity contribution < 1.29 is 0 Å². The van der Waals surface area contributed by atoms with Crippen LogP contribution in [0.1, 0.15) is 55.4 Å². The van der Waals surface area contributed by atoms with E-state index in [-0.39, 0.29) is 15.9 Å². The summed E-state index contributed by atoms with van der Waals surface area (Å²) in [6, 6.07) is 0. The molecule has 14 heavy (non-hydrogen) atoms. The molecule has 3 radical (unpaired) electrons. The maximum absolute atomic E-state index is 6.19. The second kappa shape index (κ2) is 3.94. The smallest absolute Gasteiger partial charge is 0.0735 e. The van der Waals surface area contributed by atoms with Gasteiger partial charge in [-0.25, -0.2) is 0 Å². The van der Waals surface area contributed by atoms with Gasteiger partial charge in [0.2, 0.25) is 0 Å². The van der Waals surface area contributed by atoms with Gasteiger partial charge in [0.05, 0.1) is 7.85 Å². The van der Waals surface area contributed by atoms with E-state index in [1.807, 2.05) is 0 Å². The fourth-order valence-corrected chi connectivity index (χ4v) is 1.28. The highest BCUT2D eigenvalue weighted by Gasteiger charge is 2.39. The SMILES string of the molecule is [B]C(C)(C)C(C)(C)[B]C(C)(C)C(C)C. The van der Waals surface area contributed by atoms with Crippen molar-refractivity contribution in [2.45, 2.75) is 71.3 Å². The molecule has 0 nitrogen and oxygen atoms in total. The van der Waals surface area contributed by atoms with E-state index in [4.69, 9.17) is 7.85 Å². The van der Waals surface area contributed by atoms with E-state index >= 15 is 0 Å². The molecule has 2 heteroatoms. The molecule has 0 N–H and O–H groups in total. The molecule has 0 aliphatic rings. The minimum absolute atomic E-state index is 0.0563. The van der Waals surface area contributed by atoms with Crippen LogP contribution in [0, 0.1) is 5.92 Å². The molecule has 0 heterocycles. The highest BCUT2D eigenvalue weighted by Crippen LogP contribution is 2.53. The predicted octanol–water partition coefficient (Wildman–Crippen LogP) is 4.11. The summed E-state index contributed by atoms with van der Waals surface area (Å²) in [6.45, 7) is 17.7. The minimum atomic E-state index is -0.167. The monoisotopic (exact) mass is 191 g/mol. The Morgan fingerprint density at radius 3 is 1.50 bits per heavy atom. The van der Waals surface area contributed by atoms with E-state index in [1.54, 1.807) is 0 Å². The van der Waals surface area contributed by atoms with Crippen molar-refractivity contribution >= 4 is 15.1 Å². The average molecular weight is 191 g/mol. The fraction of sp³-hybridized carbons (Fsp3) is 1.00. The molecule has 0 bridgehead atoms. The summed E-state index contributed by atoms with van der Waals surface area (Å²) in [5.74, 6) is 0.643. The third-order valence-corrected chi connectivity index (χ3v) is 3.88. The molecule has 0 fully saturated rings. The molecule has 0 aliphatic heterocycles. The molecular weight excluding hydrogens is 166 g/mol. The summed E-state index contributed by atoms with van der Waals surface area (Å²) in [5.41, 5.74) is 0. The highest BCUT2D eigenvalue weighted by atomic mass is 14.3. The van der Waals surface area contributed by atoms with Crippen LogP contribution in [0.25, 0.3) is 0 Å². The zero-order valence-electron chi connectivity index (χ0n) is 11.2. The Labute approximate surface area is 92.9 Å². The van der Waals surface area contributed by atoms with Gasteiger partial charge in [0.1, 0.15) is 7.28 Å². The average Bonchev–Trinajstić information content (AvgIpc) is 1.80. The lowest BCUT2D eigenvalue weighted by atomic mass is 9.30. The largest absolute Gasteiger partial charge is 0.124 e. The van der Waals surface area contributed by atoms with Crippen molar-refractivity contribution in [3.8, 4) is 0 Å². The van der Waals surface area contributed by atoms with Crippen LogP contribution in [0.5, 0.6) is 0 Å². The van der Waals surface area contributed by atoms with Crippen LogP contribution in [0.3, 0.4) is 0 Å². The number of hydrogen-bond donors (Lipinski definition) is 0. The molecule has 0 aromatic carbocycles. The molecule has 0 saturated carbocycles. The first-order chi connectivity index (χ1) is 5.90. The first-order valence-corrected chi connectivity index (χ1v) is 5.56. The Morgan fingerprint density at radius 1 is 0.929 bits per heavy atom. The lowest BCUT2D eigenvalue weighted by molar-refractivity contribution is 0.427. The summed E-state index contributed by atoms with van der Waals surface area (Å²) in [5, 5.41) is 0.125. The maximum atomic E-state index is 6.19. The second-order valence-corrected chi connectivity index (χ2v) is 6.56. The van der Waals surface area contributed by atoms with Crippen molar-refractivity contribution in [3.63, 3.8) is 0 Å². The van der Waals surface area contributed by atoms with Crippen LogP contribution >= 0.6 is 0 Å². The van der Waals surface area contributed by atoms with E-state index in [9.17, 15) is 0 Å². The Morgan fingerprint density at radius 2 is 1.29 bits per heavy atom. The molecule has 0 aromatic heterocycles. The van der Waals surface area contributed by atoms with Gasteiger partial charge in [0, 0.05) is 0 Å². The number of rotatable bonds is 4. The normalized spacial score (nSPS) is 14.6. The van der Waals surface area contributed by atoms with Crippen LogP contribution in [0.15, 0.2) is 0 Å². The zero-order valence-corrected chi connectivity index (χ0v) is 11.2. The van der Waals surface area contributed by atoms with E-state index < -0.39 is 0 Å². The highest BCUT2D eigenvalue weighted by molar-refractivity contribution is 6.46. The summed E-state index contributed by atoms with van der Waals surface area (Å²) >= 11 is 0. The lowest BCUT2D eigenvalue weighted by Gasteiger charge is -2.45. The van der Waals surface area contributed by atoms with Crippen LogP contribution in [0.4, 0.5) is 0 Å². The molecule has 0 unspecified atom stereocenters. The Bertz CT molecular complexity index is 185. The molecule has 0 amide bonds. The van der Waals surface area contributed by atoms with Gasteiger partial charge in [-0.05, 0) is 5.92 Å². The maximum Gasteiger partial charge on any atom is 0.124 e. The zero-order chi connectivity index (χ0) is 11.8. The van der Waals surface area contributed by atoms with E-state index in [1.165, 1.54) is 0 Å². The van der Waals surface area contributed by atoms with Crippen molar-refractivity contribution in [2.24, 2.45) is 5.92 Å². The summed E-state index contributed by atoms with van der Waals surface area (Å²) in [7, 11) is 8.60. The van der Waals surface area contributed by atoms with Gasteiger partial charge in [-0.2, -0.15) is 0 Å². The number of hydrogen-bond acceptors (Lipinski definition) is 0. The summed E-state index contributed by atoms with van der Waals surface area (Å²) < 4.78 is 0. The van der Waals surface area contributed by atoms with Crippen LogP contribution in [0.2, 0.25) is 15.9 Å². The molecule has 0 aliphatic carbocycles. The Hall–Kier alpha value is 0.130. The quantitative estimate of drug-likeness (QED) is 0.586. The third-order valence-electron chi connectivity index (χ3n) is 3.88. The molecule has 0 atom stereocenters. The predicted molar refractivity (Wildman–Crippen MR) is 68.5 cm³/mol. The second-order valence-electron chi connectivity index (χ2n) is 6.56. The topological polar surface area (TPSA) is 0 Å². The first kappa shape index (κ1) is 14.1. The summed E-state index contributed by atoms with van der Waals surface area (Å²) in [4.78, 5) is 0. The van der Waals surface area contributed by atoms with Crippen LogP contribution in [-0.4, -0.2) is 15.1 Å². The lowest BCUT2D eigenvalue weighted by Crippen LogP contribution is -2.34. The van der Waals surface area contributed by atoms with Crippen LogP contribution in [-0.2, 0) is 0 Å². The van der Waals surface area contributed by atoms with Gasteiger partial charge < -0.3 is 0 Å². The van der Waals surface area contributed by atoms with Gasteiger partial charge >= 0.3 is 0 Å². The van der Waals surface area contributed by atoms with Crippen molar-refractivity contribution in [2.75, 3.05) is 0 Å². The van der Waals surface area contributed by atoms with Crippen LogP contribution < -0.4 is 0 Å². The standard InChI is InChI=1S/C12H25B2/c1-9(2)10(3,4)14-12(7,8)11(5,6)13/h9H,1-8H3. The van der Waals surface area contributed by atoms with E-state index in [0.29, 0.717) is 5.92 Å². The molecule has 0 rings (SSSR count).